The van der Waals surface area contributed by atoms with E-state index >= 15 is 0 Å². The van der Waals surface area contributed by atoms with E-state index in [9.17, 15) is 5.11 Å². The van der Waals surface area contributed by atoms with Crippen molar-refractivity contribution in [3.63, 3.8) is 0 Å². The van der Waals surface area contributed by atoms with Crippen molar-refractivity contribution in [2.24, 2.45) is 5.92 Å². The van der Waals surface area contributed by atoms with Crippen molar-refractivity contribution in [3.8, 4) is 0 Å². The number of nitrogens with zero attached hydrogens (tertiary/aromatic N) is 3. The zero-order valence-electron chi connectivity index (χ0n) is 12.9. The van der Waals surface area contributed by atoms with Crippen LogP contribution in [0, 0.1) is 12.8 Å². The van der Waals surface area contributed by atoms with Crippen LogP contribution in [-0.2, 0) is 13.1 Å². The third-order valence-electron chi connectivity index (χ3n) is 3.56. The SMILES string of the molecule is Cc1nnc(CN(Cc2ccccc2)C(CO)C(C)C)o1. The molecule has 1 unspecified atom stereocenters. The van der Waals surface area contributed by atoms with Gasteiger partial charge in [0.2, 0.25) is 11.8 Å². The second kappa shape index (κ2) is 7.33. The molecule has 21 heavy (non-hydrogen) atoms. The molecule has 1 aromatic carbocycles. The zero-order chi connectivity index (χ0) is 15.2. The Bertz CT molecular complexity index is 539. The molecule has 0 aliphatic rings. The Labute approximate surface area is 125 Å². The van der Waals surface area contributed by atoms with Crippen LogP contribution in [0.25, 0.3) is 0 Å². The molecule has 2 aromatic rings. The van der Waals surface area contributed by atoms with Gasteiger partial charge in [-0.2, -0.15) is 0 Å². The lowest BCUT2D eigenvalue weighted by molar-refractivity contribution is 0.0711. The first-order chi connectivity index (χ1) is 10.1. The first-order valence-electron chi connectivity index (χ1n) is 7.28. The van der Waals surface area contributed by atoms with Gasteiger partial charge < -0.3 is 9.52 Å². The number of benzene rings is 1. The predicted molar refractivity (Wildman–Crippen MR) is 80.4 cm³/mol. The van der Waals surface area contributed by atoms with E-state index < -0.39 is 0 Å². The van der Waals surface area contributed by atoms with Gasteiger partial charge in [-0.3, -0.25) is 4.90 Å². The lowest BCUT2D eigenvalue weighted by atomic mass is 10.0. The number of hydrogen-bond donors (Lipinski definition) is 1. The molecule has 0 spiro atoms. The largest absolute Gasteiger partial charge is 0.424 e. The summed E-state index contributed by atoms with van der Waals surface area (Å²) in [7, 11) is 0. The highest BCUT2D eigenvalue weighted by Gasteiger charge is 2.23. The van der Waals surface area contributed by atoms with Gasteiger partial charge in [0.15, 0.2) is 0 Å². The molecule has 0 amide bonds. The van der Waals surface area contributed by atoms with Crippen molar-refractivity contribution in [2.75, 3.05) is 6.61 Å². The molecule has 2 rings (SSSR count). The fourth-order valence-electron chi connectivity index (χ4n) is 2.43. The van der Waals surface area contributed by atoms with Gasteiger partial charge in [-0.15, -0.1) is 10.2 Å². The van der Waals surface area contributed by atoms with Crippen LogP contribution in [-0.4, -0.2) is 32.9 Å². The molecular weight excluding hydrogens is 266 g/mol. The number of rotatable bonds is 7. The van der Waals surface area contributed by atoms with Gasteiger partial charge >= 0.3 is 0 Å². The lowest BCUT2D eigenvalue weighted by Crippen LogP contribution is -2.40. The highest BCUT2D eigenvalue weighted by Crippen LogP contribution is 2.17. The summed E-state index contributed by atoms with van der Waals surface area (Å²) in [5, 5.41) is 17.7. The molecule has 0 saturated carbocycles. The summed E-state index contributed by atoms with van der Waals surface area (Å²) in [6.07, 6.45) is 0. The standard InChI is InChI=1S/C16H23N3O2/c1-12(2)15(11-20)19(9-14-7-5-4-6-8-14)10-16-18-17-13(3)21-16/h4-8,12,15,20H,9-11H2,1-3H3. The highest BCUT2D eigenvalue weighted by atomic mass is 16.4. The van der Waals surface area contributed by atoms with Gasteiger partial charge in [0, 0.05) is 19.5 Å². The number of aliphatic hydroxyl groups is 1. The van der Waals surface area contributed by atoms with E-state index in [0.717, 1.165) is 6.54 Å². The van der Waals surface area contributed by atoms with Crippen LogP contribution in [0.3, 0.4) is 0 Å². The number of hydrogen-bond acceptors (Lipinski definition) is 5. The first-order valence-corrected chi connectivity index (χ1v) is 7.28. The number of aliphatic hydroxyl groups excluding tert-OH is 1. The molecule has 0 aliphatic carbocycles. The molecule has 1 atom stereocenters. The van der Waals surface area contributed by atoms with Crippen LogP contribution in [0.1, 0.15) is 31.2 Å². The maximum Gasteiger partial charge on any atom is 0.230 e. The minimum absolute atomic E-state index is 0.0532. The van der Waals surface area contributed by atoms with E-state index in [0.29, 0.717) is 24.2 Å². The molecule has 0 fully saturated rings. The molecule has 5 nitrogen and oxygen atoms in total. The molecule has 114 valence electrons. The second-order valence-electron chi connectivity index (χ2n) is 5.60. The van der Waals surface area contributed by atoms with E-state index in [4.69, 9.17) is 4.42 Å². The fraction of sp³-hybridized carbons (Fsp3) is 0.500. The fourth-order valence-corrected chi connectivity index (χ4v) is 2.43. The third kappa shape index (κ3) is 4.37. The number of aromatic nitrogens is 2. The normalized spacial score (nSPS) is 13.0. The minimum atomic E-state index is 0.0532. The van der Waals surface area contributed by atoms with E-state index in [2.05, 4.69) is 41.1 Å². The number of aryl methyl sites for hydroxylation is 1. The lowest BCUT2D eigenvalue weighted by Gasteiger charge is -2.32. The molecule has 1 heterocycles. The van der Waals surface area contributed by atoms with Crippen LogP contribution in [0.4, 0.5) is 0 Å². The summed E-state index contributed by atoms with van der Waals surface area (Å²) in [4.78, 5) is 2.19. The van der Waals surface area contributed by atoms with Gasteiger partial charge in [0.1, 0.15) is 0 Å². The monoisotopic (exact) mass is 289 g/mol. The Balaban J connectivity index is 2.16. The average molecular weight is 289 g/mol. The van der Waals surface area contributed by atoms with Crippen LogP contribution in [0.2, 0.25) is 0 Å². The van der Waals surface area contributed by atoms with Gasteiger partial charge in [0.25, 0.3) is 0 Å². The van der Waals surface area contributed by atoms with Gasteiger partial charge in [-0.25, -0.2) is 0 Å². The Morgan fingerprint density at radius 2 is 1.86 bits per heavy atom. The average Bonchev–Trinajstić information content (AvgIpc) is 2.85. The summed E-state index contributed by atoms with van der Waals surface area (Å²) in [5.74, 6) is 1.49. The summed E-state index contributed by atoms with van der Waals surface area (Å²) in [5.41, 5.74) is 1.20. The van der Waals surface area contributed by atoms with Gasteiger partial charge in [-0.05, 0) is 11.5 Å². The zero-order valence-corrected chi connectivity index (χ0v) is 12.9. The molecule has 0 bridgehead atoms. The molecule has 0 saturated heterocycles. The van der Waals surface area contributed by atoms with Crippen molar-refractivity contribution in [1.82, 2.24) is 15.1 Å². The molecule has 1 N–H and O–H groups in total. The van der Waals surface area contributed by atoms with E-state index in [1.165, 1.54) is 5.56 Å². The van der Waals surface area contributed by atoms with E-state index in [1.54, 1.807) is 6.92 Å². The Morgan fingerprint density at radius 3 is 2.38 bits per heavy atom. The maximum atomic E-state index is 9.72. The van der Waals surface area contributed by atoms with Crippen LogP contribution < -0.4 is 0 Å². The molecule has 1 aromatic heterocycles. The molecular formula is C16H23N3O2. The maximum absolute atomic E-state index is 9.72. The van der Waals surface area contributed by atoms with Crippen molar-refractivity contribution in [1.29, 1.82) is 0 Å². The summed E-state index contributed by atoms with van der Waals surface area (Å²) < 4.78 is 5.48. The van der Waals surface area contributed by atoms with Crippen LogP contribution in [0.15, 0.2) is 34.7 Å². The third-order valence-corrected chi connectivity index (χ3v) is 3.56. The van der Waals surface area contributed by atoms with E-state index in [-0.39, 0.29) is 12.6 Å². The first kappa shape index (κ1) is 15.7. The smallest absolute Gasteiger partial charge is 0.230 e. The van der Waals surface area contributed by atoms with Crippen molar-refractivity contribution in [2.45, 2.75) is 39.9 Å². The summed E-state index contributed by atoms with van der Waals surface area (Å²) in [6, 6.07) is 10.3. The molecule has 5 heteroatoms. The topological polar surface area (TPSA) is 62.4 Å². The quantitative estimate of drug-likeness (QED) is 0.848. The van der Waals surface area contributed by atoms with Crippen LogP contribution >= 0.6 is 0 Å². The highest BCUT2D eigenvalue weighted by molar-refractivity contribution is 5.14. The molecule has 0 aliphatic heterocycles. The van der Waals surface area contributed by atoms with Gasteiger partial charge in [-0.1, -0.05) is 44.2 Å². The molecule has 0 radical (unpaired) electrons. The van der Waals surface area contributed by atoms with Crippen molar-refractivity contribution < 1.29 is 9.52 Å². The van der Waals surface area contributed by atoms with Crippen molar-refractivity contribution in [3.05, 3.63) is 47.7 Å². The minimum Gasteiger partial charge on any atom is -0.424 e. The Kier molecular flexibility index (Phi) is 5.47. The second-order valence-corrected chi connectivity index (χ2v) is 5.60. The van der Waals surface area contributed by atoms with Gasteiger partial charge in [0.05, 0.1) is 13.2 Å². The summed E-state index contributed by atoms with van der Waals surface area (Å²) >= 11 is 0. The predicted octanol–water partition coefficient (Wildman–Crippen LogP) is 2.40. The van der Waals surface area contributed by atoms with Crippen LogP contribution in [0.5, 0.6) is 0 Å². The summed E-state index contributed by atoms with van der Waals surface area (Å²) in [6.45, 7) is 7.39. The van der Waals surface area contributed by atoms with Crippen molar-refractivity contribution >= 4 is 0 Å². The Morgan fingerprint density at radius 1 is 1.14 bits per heavy atom. The van der Waals surface area contributed by atoms with E-state index in [1.807, 2.05) is 18.2 Å². The Hall–Kier alpha value is -1.72.